The normalized spacial score (nSPS) is 18.6. The second-order valence-electron chi connectivity index (χ2n) is 6.40. The molecule has 1 heterocycles. The Labute approximate surface area is 168 Å². The minimum absolute atomic E-state index is 0.0382. The Morgan fingerprint density at radius 2 is 1.68 bits per heavy atom. The monoisotopic (exact) mass is 425 g/mol. The molecule has 0 aliphatic carbocycles. The van der Waals surface area contributed by atoms with Crippen molar-refractivity contribution in [3.63, 3.8) is 0 Å². The van der Waals surface area contributed by atoms with Crippen molar-refractivity contribution in [1.29, 1.82) is 0 Å². The third kappa shape index (κ3) is 4.45. The van der Waals surface area contributed by atoms with Gasteiger partial charge in [-0.15, -0.1) is 0 Å². The Hall–Kier alpha value is -2.17. The molecule has 1 aliphatic heterocycles. The zero-order chi connectivity index (χ0) is 20.3. The molecule has 0 saturated carbocycles. The number of benzene rings is 2. The van der Waals surface area contributed by atoms with Gasteiger partial charge < -0.3 is 9.64 Å². The van der Waals surface area contributed by atoms with E-state index in [1.165, 1.54) is 12.1 Å². The molecule has 0 spiro atoms. The van der Waals surface area contributed by atoms with Gasteiger partial charge in [-0.1, -0.05) is 11.6 Å². The van der Waals surface area contributed by atoms with Gasteiger partial charge in [-0.05, 0) is 55.6 Å². The average Bonchev–Trinajstić information content (AvgIpc) is 2.69. The van der Waals surface area contributed by atoms with Crippen LogP contribution in [0.15, 0.2) is 53.4 Å². The minimum atomic E-state index is -3.92. The lowest BCUT2D eigenvalue weighted by molar-refractivity contribution is -0.134. The number of amides is 1. The van der Waals surface area contributed by atoms with Crippen molar-refractivity contribution in [2.75, 3.05) is 26.7 Å². The molecule has 0 aromatic heterocycles. The summed E-state index contributed by atoms with van der Waals surface area (Å²) < 4.78 is 32.8. The van der Waals surface area contributed by atoms with Gasteiger partial charge in [0.05, 0.1) is 4.90 Å². The third-order valence-corrected chi connectivity index (χ3v) is 6.60. The molecule has 2 N–H and O–H groups in total. The summed E-state index contributed by atoms with van der Waals surface area (Å²) >= 11 is 5.84. The number of halogens is 1. The van der Waals surface area contributed by atoms with Crippen molar-refractivity contribution in [3.05, 3.63) is 53.6 Å². The van der Waals surface area contributed by atoms with Gasteiger partial charge in [-0.2, -0.15) is 4.31 Å². The number of nitrogens with zero attached hydrogens (tertiary/aromatic N) is 2. The molecule has 8 nitrogen and oxygen atoms in total. The molecule has 3 rings (SSSR count). The lowest BCUT2D eigenvalue weighted by atomic mass is 10.2. The van der Waals surface area contributed by atoms with Crippen molar-refractivity contribution >= 4 is 27.5 Å². The van der Waals surface area contributed by atoms with E-state index in [1.54, 1.807) is 48.9 Å². The number of hydroxylamine groups is 1. The highest BCUT2D eigenvalue weighted by atomic mass is 35.5. The predicted molar refractivity (Wildman–Crippen MR) is 103 cm³/mol. The zero-order valence-corrected chi connectivity index (χ0v) is 16.7. The predicted octanol–water partition coefficient (Wildman–Crippen LogP) is 1.94. The highest BCUT2D eigenvalue weighted by Gasteiger charge is 2.39. The Morgan fingerprint density at radius 1 is 1.11 bits per heavy atom. The number of ether oxygens (including phenoxy) is 1. The molecular formula is C18H20ClN3O5S. The number of hydrogen-bond acceptors (Lipinski definition) is 6. The topological polar surface area (TPSA) is 99.2 Å². The van der Waals surface area contributed by atoms with E-state index in [2.05, 4.69) is 0 Å². The fourth-order valence-electron chi connectivity index (χ4n) is 2.93. The fraction of sp³-hybridized carbons (Fsp3) is 0.278. The number of hydrogen-bond donors (Lipinski definition) is 2. The molecule has 150 valence electrons. The summed E-state index contributed by atoms with van der Waals surface area (Å²) in [5.74, 6) is 0.265. The number of rotatable bonds is 5. The molecule has 1 aliphatic rings. The van der Waals surface area contributed by atoms with E-state index in [4.69, 9.17) is 21.5 Å². The van der Waals surface area contributed by atoms with Gasteiger partial charge in [0, 0.05) is 24.7 Å². The Kier molecular flexibility index (Phi) is 6.21. The first-order chi connectivity index (χ1) is 13.3. The molecule has 28 heavy (non-hydrogen) atoms. The third-order valence-electron chi connectivity index (χ3n) is 4.43. The zero-order valence-electron chi connectivity index (χ0n) is 15.1. The molecule has 10 heteroatoms. The largest absolute Gasteiger partial charge is 0.457 e. The highest BCUT2D eigenvalue weighted by molar-refractivity contribution is 7.89. The van der Waals surface area contributed by atoms with Crippen LogP contribution in [0.4, 0.5) is 0 Å². The van der Waals surface area contributed by atoms with Crippen molar-refractivity contribution in [1.82, 2.24) is 14.7 Å². The second-order valence-corrected chi connectivity index (χ2v) is 8.72. The van der Waals surface area contributed by atoms with Crippen LogP contribution in [-0.2, 0) is 14.8 Å². The average molecular weight is 426 g/mol. The summed E-state index contributed by atoms with van der Waals surface area (Å²) in [6, 6.07) is 11.7. The van der Waals surface area contributed by atoms with E-state index >= 15 is 0 Å². The summed E-state index contributed by atoms with van der Waals surface area (Å²) in [5.41, 5.74) is 1.55. The van der Waals surface area contributed by atoms with Gasteiger partial charge in [0.25, 0.3) is 5.91 Å². The Balaban J connectivity index is 1.81. The molecule has 2 aromatic carbocycles. The van der Waals surface area contributed by atoms with Gasteiger partial charge in [0.15, 0.2) is 0 Å². The van der Waals surface area contributed by atoms with Crippen LogP contribution in [0.5, 0.6) is 11.5 Å². The molecule has 1 amide bonds. The quantitative estimate of drug-likeness (QED) is 0.561. The van der Waals surface area contributed by atoms with Crippen molar-refractivity contribution in [3.8, 4) is 11.5 Å². The molecule has 0 bridgehead atoms. The number of likely N-dealkylation sites (N-methyl/N-ethyl adjacent to an activating group) is 1. The van der Waals surface area contributed by atoms with Crippen molar-refractivity contribution in [2.24, 2.45) is 0 Å². The molecular weight excluding hydrogens is 406 g/mol. The van der Waals surface area contributed by atoms with E-state index in [0.29, 0.717) is 23.1 Å². The Morgan fingerprint density at radius 3 is 2.25 bits per heavy atom. The van der Waals surface area contributed by atoms with Gasteiger partial charge in [0.1, 0.15) is 17.5 Å². The minimum Gasteiger partial charge on any atom is -0.457 e. The SMILES string of the molecule is CN1CCN(S(=O)(=O)c2ccc(Oc3ccc(Cl)cc3)cc2)C(C(=O)NO)C1. The smallest absolute Gasteiger partial charge is 0.263 e. The van der Waals surface area contributed by atoms with Crippen LogP contribution < -0.4 is 10.2 Å². The standard InChI is InChI=1S/C18H20ClN3O5S/c1-21-10-11-22(17(12-21)18(23)20-24)28(25,26)16-8-6-15(7-9-16)27-14-4-2-13(19)3-5-14/h2-9,17,24H,10-12H2,1H3,(H,20,23). The Bertz CT molecular complexity index is 935. The van der Waals surface area contributed by atoms with Crippen LogP contribution in [0.1, 0.15) is 0 Å². The number of sulfonamides is 1. The van der Waals surface area contributed by atoms with Crippen LogP contribution in [-0.4, -0.2) is 61.5 Å². The van der Waals surface area contributed by atoms with E-state index in [9.17, 15) is 13.2 Å². The van der Waals surface area contributed by atoms with Crippen LogP contribution >= 0.6 is 11.6 Å². The van der Waals surface area contributed by atoms with Gasteiger partial charge >= 0.3 is 0 Å². The van der Waals surface area contributed by atoms with Crippen molar-refractivity contribution in [2.45, 2.75) is 10.9 Å². The van der Waals surface area contributed by atoms with Crippen LogP contribution in [0.25, 0.3) is 0 Å². The number of carbonyl (C=O) groups is 1. The van der Waals surface area contributed by atoms with Gasteiger partial charge in [-0.25, -0.2) is 13.9 Å². The lowest BCUT2D eigenvalue weighted by Gasteiger charge is -2.37. The van der Waals surface area contributed by atoms with E-state index < -0.39 is 22.0 Å². The maximum atomic E-state index is 13.0. The van der Waals surface area contributed by atoms with E-state index in [1.807, 2.05) is 4.90 Å². The van der Waals surface area contributed by atoms with E-state index in [-0.39, 0.29) is 18.0 Å². The maximum absolute atomic E-state index is 13.0. The first kappa shape index (κ1) is 20.6. The van der Waals surface area contributed by atoms with E-state index in [0.717, 1.165) is 4.31 Å². The summed E-state index contributed by atoms with van der Waals surface area (Å²) in [7, 11) is -2.14. The van der Waals surface area contributed by atoms with Crippen LogP contribution in [0.2, 0.25) is 5.02 Å². The number of nitrogens with one attached hydrogen (secondary N) is 1. The molecule has 1 saturated heterocycles. The van der Waals surface area contributed by atoms with Crippen molar-refractivity contribution < 1.29 is 23.2 Å². The van der Waals surface area contributed by atoms with Gasteiger partial charge in [-0.3, -0.25) is 10.0 Å². The maximum Gasteiger partial charge on any atom is 0.263 e. The molecule has 1 fully saturated rings. The molecule has 1 unspecified atom stereocenters. The molecule has 1 atom stereocenters. The van der Waals surface area contributed by atoms with Gasteiger partial charge in [0.2, 0.25) is 10.0 Å². The number of piperazine rings is 1. The van der Waals surface area contributed by atoms with Crippen LogP contribution in [0, 0.1) is 0 Å². The first-order valence-corrected chi connectivity index (χ1v) is 10.3. The summed E-state index contributed by atoms with van der Waals surface area (Å²) in [4.78, 5) is 13.8. The second kappa shape index (κ2) is 8.46. The number of carbonyl (C=O) groups excluding carboxylic acids is 1. The highest BCUT2D eigenvalue weighted by Crippen LogP contribution is 2.26. The molecule has 0 radical (unpaired) electrons. The summed E-state index contributed by atoms with van der Waals surface area (Å²) in [6.07, 6.45) is 0. The molecule has 2 aromatic rings. The fourth-order valence-corrected chi connectivity index (χ4v) is 4.63. The lowest BCUT2D eigenvalue weighted by Crippen LogP contribution is -2.59. The summed E-state index contributed by atoms with van der Waals surface area (Å²) in [5, 5.41) is 9.54. The van der Waals surface area contributed by atoms with Crippen LogP contribution in [0.3, 0.4) is 0 Å². The summed E-state index contributed by atoms with van der Waals surface area (Å²) in [6.45, 7) is 0.801. The first-order valence-electron chi connectivity index (χ1n) is 8.49.